The average molecular weight is 139 g/mol. The monoisotopic (exact) mass is 139 g/mol. The number of fused-ring (bicyclic) bond motifs is 2. The second-order valence-electron chi connectivity index (χ2n) is 2.66. The van der Waals surface area contributed by atoms with E-state index in [1.54, 1.807) is 0 Å². The molecule has 3 aliphatic rings. The molecule has 3 heteroatoms. The highest BCUT2D eigenvalue weighted by Gasteiger charge is 2.29. The molecule has 2 unspecified atom stereocenters. The van der Waals surface area contributed by atoms with Crippen LogP contribution in [-0.2, 0) is 4.74 Å². The third-order valence-electron chi connectivity index (χ3n) is 2.01. The molecule has 0 aromatic heterocycles. The maximum Gasteiger partial charge on any atom is 0.233 e. The first-order valence-corrected chi connectivity index (χ1v) is 3.47. The Labute approximate surface area is 59.0 Å². The topological polar surface area (TPSA) is 41.8 Å². The summed E-state index contributed by atoms with van der Waals surface area (Å²) in [6.07, 6.45) is 6.35. The summed E-state index contributed by atoms with van der Waals surface area (Å²) in [5.41, 5.74) is 0. The fraction of sp³-hybridized carbons (Fsp3) is 0.571. The molecule has 2 bridgehead atoms. The van der Waals surface area contributed by atoms with Gasteiger partial charge in [0.2, 0.25) is 5.90 Å². The summed E-state index contributed by atoms with van der Waals surface area (Å²) in [5, 5.41) is 11.5. The summed E-state index contributed by atoms with van der Waals surface area (Å²) >= 11 is 0. The number of hydrogen-bond donors (Lipinski definition) is 1. The molecule has 0 saturated carbocycles. The van der Waals surface area contributed by atoms with E-state index < -0.39 is 0 Å². The summed E-state index contributed by atoms with van der Waals surface area (Å²) in [4.78, 5) is 0. The van der Waals surface area contributed by atoms with Gasteiger partial charge in [-0.2, -0.15) is 0 Å². The standard InChI is InChI=1S/C7H9NO2/c9-8-7-5-1-3-6(10-7)4-2-5/h1,3,5-6,9H,2,4H2/b8-7+. The molecule has 0 amide bonds. The smallest absolute Gasteiger partial charge is 0.233 e. The van der Waals surface area contributed by atoms with Gasteiger partial charge >= 0.3 is 0 Å². The van der Waals surface area contributed by atoms with E-state index in [1.165, 1.54) is 0 Å². The summed E-state index contributed by atoms with van der Waals surface area (Å²) in [6.45, 7) is 0. The Balaban J connectivity index is 2.27. The van der Waals surface area contributed by atoms with Crippen LogP contribution in [0.2, 0.25) is 0 Å². The van der Waals surface area contributed by atoms with Gasteiger partial charge in [0.25, 0.3) is 0 Å². The first kappa shape index (κ1) is 5.77. The molecule has 0 spiro atoms. The van der Waals surface area contributed by atoms with E-state index in [0.29, 0.717) is 5.90 Å². The molecule has 0 aromatic carbocycles. The molecular formula is C7H9NO2. The molecule has 3 nitrogen and oxygen atoms in total. The van der Waals surface area contributed by atoms with Gasteiger partial charge in [-0.15, -0.1) is 0 Å². The van der Waals surface area contributed by atoms with E-state index in [-0.39, 0.29) is 12.0 Å². The number of oxime groups is 1. The van der Waals surface area contributed by atoms with Crippen LogP contribution in [-0.4, -0.2) is 17.2 Å². The summed E-state index contributed by atoms with van der Waals surface area (Å²) in [6, 6.07) is 0. The van der Waals surface area contributed by atoms with Crippen molar-refractivity contribution in [3.63, 3.8) is 0 Å². The van der Waals surface area contributed by atoms with Crippen molar-refractivity contribution < 1.29 is 9.94 Å². The van der Waals surface area contributed by atoms with Gasteiger partial charge in [0.15, 0.2) is 0 Å². The Bertz CT molecular complexity index is 198. The van der Waals surface area contributed by atoms with E-state index in [2.05, 4.69) is 5.16 Å². The zero-order valence-corrected chi connectivity index (χ0v) is 5.53. The summed E-state index contributed by atoms with van der Waals surface area (Å²) < 4.78 is 5.25. The van der Waals surface area contributed by atoms with Gasteiger partial charge in [-0.1, -0.05) is 11.2 Å². The van der Waals surface area contributed by atoms with Gasteiger partial charge in [-0.25, -0.2) is 0 Å². The highest BCUT2D eigenvalue weighted by atomic mass is 16.5. The van der Waals surface area contributed by atoms with E-state index in [9.17, 15) is 0 Å². The molecular weight excluding hydrogens is 130 g/mol. The lowest BCUT2D eigenvalue weighted by Gasteiger charge is -2.31. The van der Waals surface area contributed by atoms with E-state index in [4.69, 9.17) is 9.94 Å². The van der Waals surface area contributed by atoms with Crippen molar-refractivity contribution >= 4 is 5.90 Å². The molecule has 2 heterocycles. The molecule has 2 aliphatic heterocycles. The van der Waals surface area contributed by atoms with E-state index in [1.807, 2.05) is 12.2 Å². The molecule has 0 aromatic rings. The summed E-state index contributed by atoms with van der Waals surface area (Å²) in [5.74, 6) is 0.716. The SMILES string of the molecule is O/N=C1/OC2C=CC1CC2. The zero-order valence-electron chi connectivity index (χ0n) is 5.53. The average Bonchev–Trinajstić information content (AvgIpc) is 2.06. The third kappa shape index (κ3) is 0.701. The highest BCUT2D eigenvalue weighted by molar-refractivity contribution is 5.81. The van der Waals surface area contributed by atoms with Gasteiger partial charge in [0, 0.05) is 0 Å². The molecule has 0 radical (unpaired) electrons. The van der Waals surface area contributed by atoms with Crippen LogP contribution in [0.3, 0.4) is 0 Å². The molecule has 1 aliphatic carbocycles. The largest absolute Gasteiger partial charge is 0.471 e. The maximum absolute atomic E-state index is 8.44. The fourth-order valence-corrected chi connectivity index (χ4v) is 1.44. The van der Waals surface area contributed by atoms with Crippen molar-refractivity contribution in [3.8, 4) is 0 Å². The van der Waals surface area contributed by atoms with Crippen LogP contribution in [0, 0.1) is 5.92 Å². The quantitative estimate of drug-likeness (QED) is 0.310. The third-order valence-corrected chi connectivity index (χ3v) is 2.01. The second kappa shape index (κ2) is 2.01. The van der Waals surface area contributed by atoms with Crippen LogP contribution in [0.25, 0.3) is 0 Å². The van der Waals surface area contributed by atoms with Crippen molar-refractivity contribution in [1.82, 2.24) is 0 Å². The Hall–Kier alpha value is -0.990. The minimum Gasteiger partial charge on any atom is -0.471 e. The van der Waals surface area contributed by atoms with Gasteiger partial charge in [-0.3, -0.25) is 0 Å². The van der Waals surface area contributed by atoms with Crippen LogP contribution in [0.1, 0.15) is 12.8 Å². The van der Waals surface area contributed by atoms with Gasteiger partial charge in [0.05, 0.1) is 5.92 Å². The van der Waals surface area contributed by atoms with Crippen molar-refractivity contribution in [1.29, 1.82) is 0 Å². The summed E-state index contributed by atoms with van der Waals surface area (Å²) in [7, 11) is 0. The van der Waals surface area contributed by atoms with Gasteiger partial charge < -0.3 is 9.94 Å². The molecule has 1 fully saturated rings. The van der Waals surface area contributed by atoms with Gasteiger partial charge in [0.1, 0.15) is 6.10 Å². The van der Waals surface area contributed by atoms with Crippen LogP contribution in [0.5, 0.6) is 0 Å². The van der Waals surface area contributed by atoms with Crippen molar-refractivity contribution in [2.45, 2.75) is 18.9 Å². The Morgan fingerprint density at radius 2 is 2.40 bits per heavy atom. The van der Waals surface area contributed by atoms with Crippen LogP contribution < -0.4 is 0 Å². The first-order chi connectivity index (χ1) is 4.90. The molecule has 2 atom stereocenters. The highest BCUT2D eigenvalue weighted by Crippen LogP contribution is 2.28. The Kier molecular flexibility index (Phi) is 1.16. The molecule has 54 valence electrons. The molecule has 3 rings (SSSR count). The van der Waals surface area contributed by atoms with Crippen molar-refractivity contribution in [2.75, 3.05) is 0 Å². The Morgan fingerprint density at radius 1 is 1.50 bits per heavy atom. The van der Waals surface area contributed by atoms with Crippen LogP contribution in [0.4, 0.5) is 0 Å². The lowest BCUT2D eigenvalue weighted by atomic mass is 9.91. The van der Waals surface area contributed by atoms with E-state index in [0.717, 1.165) is 12.8 Å². The number of hydrogen-bond acceptors (Lipinski definition) is 3. The lowest BCUT2D eigenvalue weighted by molar-refractivity contribution is 0.147. The minimum absolute atomic E-state index is 0.163. The normalized spacial score (nSPS) is 40.2. The predicted molar refractivity (Wildman–Crippen MR) is 36.0 cm³/mol. The van der Waals surface area contributed by atoms with Crippen molar-refractivity contribution in [2.24, 2.45) is 11.1 Å². The predicted octanol–water partition coefficient (Wildman–Crippen LogP) is 1.14. The second-order valence-corrected chi connectivity index (χ2v) is 2.66. The van der Waals surface area contributed by atoms with Crippen LogP contribution in [0.15, 0.2) is 17.3 Å². The number of nitrogens with zero attached hydrogens (tertiary/aromatic N) is 1. The van der Waals surface area contributed by atoms with Gasteiger partial charge in [-0.05, 0) is 18.9 Å². The van der Waals surface area contributed by atoms with Crippen LogP contribution >= 0.6 is 0 Å². The number of ether oxygens (including phenoxy) is 1. The Morgan fingerprint density at radius 3 is 2.70 bits per heavy atom. The minimum atomic E-state index is 0.163. The van der Waals surface area contributed by atoms with Crippen molar-refractivity contribution in [3.05, 3.63) is 12.2 Å². The zero-order chi connectivity index (χ0) is 6.97. The maximum atomic E-state index is 8.44. The first-order valence-electron chi connectivity index (χ1n) is 3.47. The molecule has 10 heavy (non-hydrogen) atoms. The van der Waals surface area contributed by atoms with E-state index >= 15 is 0 Å². The fourth-order valence-electron chi connectivity index (χ4n) is 1.44. The lowest BCUT2D eigenvalue weighted by Crippen LogP contribution is -2.33. The molecule has 1 saturated heterocycles. The molecule has 1 N–H and O–H groups in total. The number of rotatable bonds is 0.